The fraction of sp³-hybridized carbons (Fsp3) is 0.190. The third-order valence-corrected chi connectivity index (χ3v) is 4.95. The van der Waals surface area contributed by atoms with Gasteiger partial charge in [-0.3, -0.25) is 9.59 Å². The number of hydrogen-bond donors (Lipinski definition) is 2. The van der Waals surface area contributed by atoms with Crippen molar-refractivity contribution >= 4 is 34.0 Å². The minimum absolute atomic E-state index is 0.0832. The Morgan fingerprint density at radius 1 is 1.00 bits per heavy atom. The molecule has 0 aliphatic rings. The molecular formula is C21H21N3O2S. The predicted molar refractivity (Wildman–Crippen MR) is 110 cm³/mol. The summed E-state index contributed by atoms with van der Waals surface area (Å²) in [5.74, 6) is -0.190. The van der Waals surface area contributed by atoms with Crippen molar-refractivity contribution in [2.24, 2.45) is 0 Å². The lowest BCUT2D eigenvalue weighted by Gasteiger charge is -2.05. The summed E-state index contributed by atoms with van der Waals surface area (Å²) in [5, 5.41) is 8.07. The molecule has 0 aliphatic heterocycles. The van der Waals surface area contributed by atoms with Crippen molar-refractivity contribution in [1.29, 1.82) is 0 Å². The zero-order chi connectivity index (χ0) is 19.4. The summed E-state index contributed by atoms with van der Waals surface area (Å²) in [4.78, 5) is 27.8. The van der Waals surface area contributed by atoms with E-state index in [1.54, 1.807) is 0 Å². The standard InChI is InChI=1S/C21H21N3O2S/c1-13-4-5-16(10-14(13)2)11-20(26)24-21-23-19(12-27-21)17-6-8-18(9-7-17)22-15(3)25/h4-10,12H,11H2,1-3H3,(H,22,25)(H,23,24,26). The first kappa shape index (κ1) is 18.8. The Bertz CT molecular complexity index is 977. The maximum atomic E-state index is 12.3. The average Bonchev–Trinajstić information content (AvgIpc) is 3.06. The molecule has 3 rings (SSSR count). The number of anilines is 2. The molecule has 1 aromatic heterocycles. The molecule has 2 aromatic carbocycles. The van der Waals surface area contributed by atoms with Gasteiger partial charge in [0.1, 0.15) is 0 Å². The van der Waals surface area contributed by atoms with Crippen LogP contribution in [0.5, 0.6) is 0 Å². The Morgan fingerprint density at radius 2 is 1.74 bits per heavy atom. The lowest BCUT2D eigenvalue weighted by atomic mass is 10.0. The number of carbonyl (C=O) groups excluding carboxylic acids is 2. The summed E-state index contributed by atoms with van der Waals surface area (Å²) in [6.07, 6.45) is 0.321. The predicted octanol–water partition coefficient (Wildman–Crippen LogP) is 4.57. The highest BCUT2D eigenvalue weighted by atomic mass is 32.1. The molecule has 0 saturated carbocycles. The number of benzene rings is 2. The van der Waals surface area contributed by atoms with Crippen molar-refractivity contribution in [3.05, 3.63) is 64.5 Å². The lowest BCUT2D eigenvalue weighted by molar-refractivity contribution is -0.116. The number of thiazole rings is 1. The third-order valence-electron chi connectivity index (χ3n) is 4.19. The van der Waals surface area contributed by atoms with E-state index in [2.05, 4.69) is 22.5 Å². The Morgan fingerprint density at radius 3 is 2.41 bits per heavy atom. The Labute approximate surface area is 162 Å². The number of nitrogens with one attached hydrogen (secondary N) is 2. The molecule has 27 heavy (non-hydrogen) atoms. The molecule has 2 amide bonds. The highest BCUT2D eigenvalue weighted by Crippen LogP contribution is 2.26. The number of aromatic nitrogens is 1. The molecular weight excluding hydrogens is 358 g/mol. The Balaban J connectivity index is 1.64. The monoisotopic (exact) mass is 379 g/mol. The smallest absolute Gasteiger partial charge is 0.230 e. The second-order valence-corrected chi connectivity index (χ2v) is 7.30. The van der Waals surface area contributed by atoms with E-state index in [0.29, 0.717) is 11.6 Å². The fourth-order valence-electron chi connectivity index (χ4n) is 2.65. The summed E-state index contributed by atoms with van der Waals surface area (Å²) in [5.41, 5.74) is 5.84. The first-order valence-electron chi connectivity index (χ1n) is 8.60. The van der Waals surface area contributed by atoms with Gasteiger partial charge in [-0.2, -0.15) is 0 Å². The molecule has 0 fully saturated rings. The van der Waals surface area contributed by atoms with Crippen molar-refractivity contribution < 1.29 is 9.59 Å². The van der Waals surface area contributed by atoms with Crippen LogP contribution in [-0.4, -0.2) is 16.8 Å². The van der Waals surface area contributed by atoms with Crippen LogP contribution in [0.4, 0.5) is 10.8 Å². The molecule has 138 valence electrons. The van der Waals surface area contributed by atoms with E-state index in [4.69, 9.17) is 0 Å². The summed E-state index contributed by atoms with van der Waals surface area (Å²) < 4.78 is 0. The van der Waals surface area contributed by atoms with Gasteiger partial charge in [-0.1, -0.05) is 30.3 Å². The molecule has 0 saturated heterocycles. The van der Waals surface area contributed by atoms with E-state index in [0.717, 1.165) is 22.5 Å². The minimum Gasteiger partial charge on any atom is -0.326 e. The van der Waals surface area contributed by atoms with E-state index in [-0.39, 0.29) is 11.8 Å². The largest absolute Gasteiger partial charge is 0.326 e. The lowest BCUT2D eigenvalue weighted by Crippen LogP contribution is -2.14. The quantitative estimate of drug-likeness (QED) is 0.682. The fourth-order valence-corrected chi connectivity index (χ4v) is 3.39. The van der Waals surface area contributed by atoms with E-state index >= 15 is 0 Å². The molecule has 2 N–H and O–H groups in total. The van der Waals surface area contributed by atoms with Gasteiger partial charge in [0.05, 0.1) is 12.1 Å². The number of rotatable bonds is 5. The first-order chi connectivity index (χ1) is 12.9. The highest BCUT2D eigenvalue weighted by Gasteiger charge is 2.10. The van der Waals surface area contributed by atoms with Crippen LogP contribution < -0.4 is 10.6 Å². The van der Waals surface area contributed by atoms with Crippen molar-refractivity contribution in [1.82, 2.24) is 4.98 Å². The van der Waals surface area contributed by atoms with Crippen molar-refractivity contribution in [2.75, 3.05) is 10.6 Å². The molecule has 5 nitrogen and oxygen atoms in total. The van der Waals surface area contributed by atoms with Crippen LogP contribution in [0.1, 0.15) is 23.6 Å². The number of amides is 2. The number of carbonyl (C=O) groups is 2. The third kappa shape index (κ3) is 5.01. The van der Waals surface area contributed by atoms with Gasteiger partial charge < -0.3 is 10.6 Å². The minimum atomic E-state index is -0.106. The molecule has 0 unspecified atom stereocenters. The molecule has 0 bridgehead atoms. The van der Waals surface area contributed by atoms with Crippen LogP contribution in [-0.2, 0) is 16.0 Å². The zero-order valence-corrected chi connectivity index (χ0v) is 16.3. The van der Waals surface area contributed by atoms with Crippen LogP contribution in [0.25, 0.3) is 11.3 Å². The topological polar surface area (TPSA) is 71.1 Å². The summed E-state index contributed by atoms with van der Waals surface area (Å²) in [7, 11) is 0. The van der Waals surface area contributed by atoms with Crippen molar-refractivity contribution in [3.8, 4) is 11.3 Å². The Hall–Kier alpha value is -2.99. The van der Waals surface area contributed by atoms with Gasteiger partial charge >= 0.3 is 0 Å². The molecule has 0 radical (unpaired) electrons. The molecule has 3 aromatic rings. The van der Waals surface area contributed by atoms with E-state index in [1.807, 2.05) is 54.8 Å². The maximum absolute atomic E-state index is 12.3. The second kappa shape index (κ2) is 8.14. The van der Waals surface area contributed by atoms with E-state index in [1.165, 1.54) is 29.4 Å². The van der Waals surface area contributed by atoms with E-state index in [9.17, 15) is 9.59 Å². The number of nitrogens with zero attached hydrogens (tertiary/aromatic N) is 1. The molecule has 6 heteroatoms. The van der Waals surface area contributed by atoms with Crippen LogP contribution in [0.15, 0.2) is 47.8 Å². The van der Waals surface area contributed by atoms with Gasteiger partial charge in [-0.05, 0) is 42.7 Å². The average molecular weight is 379 g/mol. The van der Waals surface area contributed by atoms with Crippen LogP contribution in [0, 0.1) is 13.8 Å². The number of hydrogen-bond acceptors (Lipinski definition) is 4. The van der Waals surface area contributed by atoms with Crippen LogP contribution in [0.3, 0.4) is 0 Å². The Kier molecular flexibility index (Phi) is 5.66. The molecule has 0 atom stereocenters. The summed E-state index contributed by atoms with van der Waals surface area (Å²) >= 11 is 1.39. The van der Waals surface area contributed by atoms with E-state index < -0.39 is 0 Å². The normalized spacial score (nSPS) is 10.5. The SMILES string of the molecule is CC(=O)Nc1ccc(-c2csc(NC(=O)Cc3ccc(C)c(C)c3)n2)cc1. The summed E-state index contributed by atoms with van der Waals surface area (Å²) in [6, 6.07) is 13.5. The van der Waals surface area contributed by atoms with Gasteiger partial charge in [-0.15, -0.1) is 11.3 Å². The zero-order valence-electron chi connectivity index (χ0n) is 15.5. The van der Waals surface area contributed by atoms with Gasteiger partial charge in [-0.25, -0.2) is 4.98 Å². The second-order valence-electron chi connectivity index (χ2n) is 6.44. The van der Waals surface area contributed by atoms with Gasteiger partial charge in [0.2, 0.25) is 11.8 Å². The maximum Gasteiger partial charge on any atom is 0.230 e. The number of aryl methyl sites for hydroxylation is 2. The molecule has 1 heterocycles. The molecule has 0 aliphatic carbocycles. The first-order valence-corrected chi connectivity index (χ1v) is 9.48. The van der Waals surface area contributed by atoms with Crippen LogP contribution >= 0.6 is 11.3 Å². The van der Waals surface area contributed by atoms with Crippen LogP contribution in [0.2, 0.25) is 0 Å². The highest BCUT2D eigenvalue weighted by molar-refractivity contribution is 7.14. The van der Waals surface area contributed by atoms with Gasteiger partial charge in [0.15, 0.2) is 5.13 Å². The molecule has 0 spiro atoms. The van der Waals surface area contributed by atoms with Gasteiger partial charge in [0.25, 0.3) is 0 Å². The summed E-state index contributed by atoms with van der Waals surface area (Å²) in [6.45, 7) is 5.57. The van der Waals surface area contributed by atoms with Crippen molar-refractivity contribution in [3.63, 3.8) is 0 Å². The van der Waals surface area contributed by atoms with Crippen molar-refractivity contribution in [2.45, 2.75) is 27.2 Å². The van der Waals surface area contributed by atoms with Gasteiger partial charge in [0, 0.05) is 23.6 Å².